The molecule has 0 unspecified atom stereocenters. The molecule has 0 fully saturated rings. The van der Waals surface area contributed by atoms with E-state index in [4.69, 9.17) is 0 Å². The summed E-state index contributed by atoms with van der Waals surface area (Å²) in [7, 11) is 0. The third-order valence-corrected chi connectivity index (χ3v) is 5.69. The van der Waals surface area contributed by atoms with Gasteiger partial charge in [-0.25, -0.2) is 4.79 Å². The fourth-order valence-electron chi connectivity index (χ4n) is 3.92. The lowest BCUT2D eigenvalue weighted by Gasteiger charge is -2.12. The zero-order valence-corrected chi connectivity index (χ0v) is 17.9. The van der Waals surface area contributed by atoms with Crippen molar-refractivity contribution in [2.45, 2.75) is 58.3 Å². The second-order valence-electron chi connectivity index (χ2n) is 8.00. The Labute approximate surface area is 180 Å². The number of hydrogen-bond donors (Lipinski definition) is 1. The molecule has 0 radical (unpaired) electrons. The van der Waals surface area contributed by atoms with Crippen molar-refractivity contribution in [3.8, 4) is 22.3 Å². The SMILES string of the molecule is CCCCCCCCCc1ccc(-c2ccc(C(=O)O)cc2-c2ccccc2)cc1. The van der Waals surface area contributed by atoms with Crippen LogP contribution in [0.1, 0.15) is 67.8 Å². The molecule has 3 aromatic rings. The zero-order valence-electron chi connectivity index (χ0n) is 17.9. The molecule has 3 rings (SSSR count). The van der Waals surface area contributed by atoms with Crippen molar-refractivity contribution in [3.05, 3.63) is 83.9 Å². The summed E-state index contributed by atoms with van der Waals surface area (Å²) in [5.41, 5.74) is 5.85. The minimum absolute atomic E-state index is 0.313. The molecule has 3 aromatic carbocycles. The summed E-state index contributed by atoms with van der Waals surface area (Å²) >= 11 is 0. The molecule has 30 heavy (non-hydrogen) atoms. The summed E-state index contributed by atoms with van der Waals surface area (Å²) < 4.78 is 0. The average molecular weight is 401 g/mol. The molecule has 2 nitrogen and oxygen atoms in total. The third-order valence-electron chi connectivity index (χ3n) is 5.69. The minimum Gasteiger partial charge on any atom is -0.478 e. The van der Waals surface area contributed by atoms with E-state index >= 15 is 0 Å². The van der Waals surface area contributed by atoms with Crippen molar-refractivity contribution >= 4 is 5.97 Å². The standard InChI is InChI=1S/C28H32O2/c1-2-3-4-5-6-7-9-12-22-15-17-24(18-16-22)26-20-19-25(28(29)30)21-27(26)23-13-10-8-11-14-23/h8,10-11,13-21H,2-7,9,12H2,1H3,(H,29,30). The maximum Gasteiger partial charge on any atom is 0.335 e. The molecule has 0 spiro atoms. The molecule has 0 saturated carbocycles. The van der Waals surface area contributed by atoms with E-state index < -0.39 is 5.97 Å². The second-order valence-corrected chi connectivity index (χ2v) is 8.00. The molecular formula is C28H32O2. The van der Waals surface area contributed by atoms with Crippen LogP contribution in [-0.2, 0) is 6.42 Å². The van der Waals surface area contributed by atoms with E-state index in [1.165, 1.54) is 50.5 Å². The highest BCUT2D eigenvalue weighted by Gasteiger charge is 2.12. The maximum absolute atomic E-state index is 11.5. The van der Waals surface area contributed by atoms with Gasteiger partial charge in [0.1, 0.15) is 0 Å². The van der Waals surface area contributed by atoms with Crippen LogP contribution in [0, 0.1) is 0 Å². The molecular weight excluding hydrogens is 368 g/mol. The lowest BCUT2D eigenvalue weighted by atomic mass is 9.92. The van der Waals surface area contributed by atoms with E-state index in [1.807, 2.05) is 36.4 Å². The first-order chi connectivity index (χ1) is 14.7. The quantitative estimate of drug-likeness (QED) is 0.331. The van der Waals surface area contributed by atoms with Gasteiger partial charge in [-0.2, -0.15) is 0 Å². The van der Waals surface area contributed by atoms with Gasteiger partial charge in [-0.05, 0) is 52.8 Å². The fourth-order valence-corrected chi connectivity index (χ4v) is 3.92. The molecule has 0 bridgehead atoms. The maximum atomic E-state index is 11.5. The molecule has 0 aliphatic heterocycles. The van der Waals surface area contributed by atoms with Crippen LogP contribution in [0.3, 0.4) is 0 Å². The highest BCUT2D eigenvalue weighted by atomic mass is 16.4. The smallest absolute Gasteiger partial charge is 0.335 e. The monoisotopic (exact) mass is 400 g/mol. The lowest BCUT2D eigenvalue weighted by molar-refractivity contribution is 0.0697. The Morgan fingerprint density at radius 2 is 1.33 bits per heavy atom. The van der Waals surface area contributed by atoms with Crippen molar-refractivity contribution in [1.82, 2.24) is 0 Å². The van der Waals surface area contributed by atoms with Crippen LogP contribution in [0.5, 0.6) is 0 Å². The summed E-state index contributed by atoms with van der Waals surface area (Å²) in [5.74, 6) is -0.899. The van der Waals surface area contributed by atoms with Crippen LogP contribution in [0.25, 0.3) is 22.3 Å². The summed E-state index contributed by atoms with van der Waals surface area (Å²) in [6, 6.07) is 24.2. The molecule has 0 heterocycles. The first kappa shape index (κ1) is 21.8. The number of rotatable bonds is 11. The zero-order chi connectivity index (χ0) is 21.2. The largest absolute Gasteiger partial charge is 0.478 e. The summed E-state index contributed by atoms with van der Waals surface area (Å²) in [4.78, 5) is 11.5. The topological polar surface area (TPSA) is 37.3 Å². The molecule has 0 amide bonds. The number of aryl methyl sites for hydroxylation is 1. The number of carbonyl (C=O) groups is 1. The number of aromatic carboxylic acids is 1. The molecule has 0 aliphatic rings. The first-order valence-corrected chi connectivity index (χ1v) is 11.2. The van der Waals surface area contributed by atoms with Gasteiger partial charge in [-0.1, -0.05) is 106 Å². The third kappa shape index (κ3) is 6.06. The molecule has 1 N–H and O–H groups in total. The average Bonchev–Trinajstić information content (AvgIpc) is 2.79. The van der Waals surface area contributed by atoms with Gasteiger partial charge in [-0.15, -0.1) is 0 Å². The molecule has 0 aliphatic carbocycles. The van der Waals surface area contributed by atoms with Crippen LogP contribution in [0.4, 0.5) is 0 Å². The van der Waals surface area contributed by atoms with Crippen LogP contribution in [0.15, 0.2) is 72.8 Å². The van der Waals surface area contributed by atoms with Crippen molar-refractivity contribution in [3.63, 3.8) is 0 Å². The van der Waals surface area contributed by atoms with Crippen LogP contribution in [0.2, 0.25) is 0 Å². The van der Waals surface area contributed by atoms with Gasteiger partial charge in [0.25, 0.3) is 0 Å². The normalized spacial score (nSPS) is 10.8. The van der Waals surface area contributed by atoms with E-state index in [-0.39, 0.29) is 0 Å². The van der Waals surface area contributed by atoms with E-state index in [0.29, 0.717) is 5.56 Å². The van der Waals surface area contributed by atoms with E-state index in [2.05, 4.69) is 31.2 Å². The number of carboxylic acids is 1. The fraction of sp³-hybridized carbons (Fsp3) is 0.321. The summed E-state index contributed by atoms with van der Waals surface area (Å²) in [6.45, 7) is 2.26. The van der Waals surface area contributed by atoms with Crippen LogP contribution < -0.4 is 0 Å². The van der Waals surface area contributed by atoms with Gasteiger partial charge < -0.3 is 5.11 Å². The van der Waals surface area contributed by atoms with Gasteiger partial charge in [0.15, 0.2) is 0 Å². The van der Waals surface area contributed by atoms with Crippen LogP contribution >= 0.6 is 0 Å². The first-order valence-electron chi connectivity index (χ1n) is 11.2. The van der Waals surface area contributed by atoms with Crippen molar-refractivity contribution in [1.29, 1.82) is 0 Å². The van der Waals surface area contributed by atoms with Crippen molar-refractivity contribution < 1.29 is 9.90 Å². The predicted octanol–water partition coefficient (Wildman–Crippen LogP) is 8.01. The summed E-state index contributed by atoms with van der Waals surface area (Å²) in [6.07, 6.45) is 10.4. The van der Waals surface area contributed by atoms with Crippen molar-refractivity contribution in [2.75, 3.05) is 0 Å². The molecule has 156 valence electrons. The summed E-state index contributed by atoms with van der Waals surface area (Å²) in [5, 5.41) is 9.42. The minimum atomic E-state index is -0.899. The van der Waals surface area contributed by atoms with Gasteiger partial charge in [0.2, 0.25) is 0 Å². The lowest BCUT2D eigenvalue weighted by Crippen LogP contribution is -1.97. The molecule has 0 aromatic heterocycles. The Morgan fingerprint density at radius 1 is 0.700 bits per heavy atom. The Balaban J connectivity index is 1.71. The van der Waals surface area contributed by atoms with Crippen LogP contribution in [-0.4, -0.2) is 11.1 Å². The molecule has 2 heteroatoms. The Kier molecular flexibility index (Phi) is 8.26. The van der Waals surface area contributed by atoms with Gasteiger partial charge in [-0.3, -0.25) is 0 Å². The van der Waals surface area contributed by atoms with E-state index in [1.54, 1.807) is 12.1 Å². The predicted molar refractivity (Wildman–Crippen MR) is 126 cm³/mol. The second kappa shape index (κ2) is 11.3. The molecule has 0 saturated heterocycles. The van der Waals surface area contributed by atoms with E-state index in [0.717, 1.165) is 28.7 Å². The highest BCUT2D eigenvalue weighted by molar-refractivity contribution is 5.93. The Morgan fingerprint density at radius 3 is 2.00 bits per heavy atom. The highest BCUT2D eigenvalue weighted by Crippen LogP contribution is 2.33. The molecule has 0 atom stereocenters. The van der Waals surface area contributed by atoms with Crippen molar-refractivity contribution in [2.24, 2.45) is 0 Å². The number of unbranched alkanes of at least 4 members (excludes halogenated alkanes) is 6. The Bertz CT molecular complexity index is 927. The number of hydrogen-bond acceptors (Lipinski definition) is 1. The number of carboxylic acid groups (broad SMARTS) is 1. The van der Waals surface area contributed by atoms with Gasteiger partial charge >= 0.3 is 5.97 Å². The Hall–Kier alpha value is -2.87. The van der Waals surface area contributed by atoms with E-state index in [9.17, 15) is 9.90 Å². The van der Waals surface area contributed by atoms with Gasteiger partial charge in [0, 0.05) is 0 Å². The number of benzene rings is 3. The van der Waals surface area contributed by atoms with Gasteiger partial charge in [0.05, 0.1) is 5.56 Å².